The van der Waals surface area contributed by atoms with Gasteiger partial charge in [-0.25, -0.2) is 0 Å². The number of carbonyl (C=O) groups is 1. The molecule has 0 radical (unpaired) electrons. The summed E-state index contributed by atoms with van der Waals surface area (Å²) in [5.74, 6) is 0.158. The van der Waals surface area contributed by atoms with Crippen LogP contribution in [0.3, 0.4) is 0 Å². The van der Waals surface area contributed by atoms with Crippen LogP contribution in [0, 0.1) is 5.92 Å². The minimum atomic E-state index is -0.528. The predicted octanol–water partition coefficient (Wildman–Crippen LogP) is 2.08. The van der Waals surface area contributed by atoms with E-state index in [2.05, 4.69) is 0 Å². The van der Waals surface area contributed by atoms with E-state index in [1.165, 1.54) is 0 Å². The Morgan fingerprint density at radius 3 is 2.67 bits per heavy atom. The van der Waals surface area contributed by atoms with Crippen LogP contribution in [0.25, 0.3) is 0 Å². The van der Waals surface area contributed by atoms with Crippen molar-refractivity contribution in [1.29, 1.82) is 0 Å². The van der Waals surface area contributed by atoms with Gasteiger partial charge in [-0.05, 0) is 30.7 Å². The molecule has 0 bridgehead atoms. The molecular formula is C17H26N2O2. The number of hydrogen-bond acceptors (Lipinski definition) is 3. The largest absolute Gasteiger partial charge is 0.388 e. The van der Waals surface area contributed by atoms with Crippen LogP contribution in [0.2, 0.25) is 0 Å². The Labute approximate surface area is 126 Å². The maximum absolute atomic E-state index is 12.4. The van der Waals surface area contributed by atoms with E-state index in [0.29, 0.717) is 6.42 Å². The van der Waals surface area contributed by atoms with E-state index in [1.54, 1.807) is 0 Å². The number of aliphatic hydroxyl groups is 1. The van der Waals surface area contributed by atoms with Crippen LogP contribution in [0.1, 0.15) is 44.8 Å². The number of nitrogens with zero attached hydrogens (tertiary/aromatic N) is 1. The Morgan fingerprint density at radius 1 is 1.38 bits per heavy atom. The number of carbonyl (C=O) groups excluding carboxylic acids is 1. The Hall–Kier alpha value is -1.39. The highest BCUT2D eigenvalue weighted by Crippen LogP contribution is 2.28. The Kier molecular flexibility index (Phi) is 5.37. The van der Waals surface area contributed by atoms with Gasteiger partial charge in [0.25, 0.3) is 0 Å². The van der Waals surface area contributed by atoms with Gasteiger partial charge in [-0.3, -0.25) is 4.79 Å². The van der Waals surface area contributed by atoms with E-state index >= 15 is 0 Å². The Bertz CT molecular complexity index is 461. The van der Waals surface area contributed by atoms with Gasteiger partial charge in [-0.1, -0.05) is 44.2 Å². The highest BCUT2D eigenvalue weighted by Gasteiger charge is 2.33. The molecule has 0 saturated carbocycles. The van der Waals surface area contributed by atoms with Gasteiger partial charge in [-0.2, -0.15) is 0 Å². The maximum atomic E-state index is 12.4. The summed E-state index contributed by atoms with van der Waals surface area (Å²) >= 11 is 0. The Morgan fingerprint density at radius 2 is 2.05 bits per heavy atom. The minimum absolute atomic E-state index is 0.0211. The molecule has 21 heavy (non-hydrogen) atoms. The third-order valence-electron chi connectivity index (χ3n) is 4.34. The first-order chi connectivity index (χ1) is 10.0. The molecule has 0 aromatic heterocycles. The number of aliphatic hydroxyl groups excluding tert-OH is 1. The lowest BCUT2D eigenvalue weighted by Gasteiger charge is -2.30. The number of hydrogen-bond donors (Lipinski definition) is 2. The van der Waals surface area contributed by atoms with E-state index in [4.69, 9.17) is 5.73 Å². The molecule has 3 atom stereocenters. The van der Waals surface area contributed by atoms with E-state index in [-0.39, 0.29) is 17.9 Å². The van der Waals surface area contributed by atoms with E-state index in [0.717, 1.165) is 24.9 Å². The van der Waals surface area contributed by atoms with Gasteiger partial charge < -0.3 is 15.7 Å². The van der Waals surface area contributed by atoms with Crippen molar-refractivity contribution >= 4 is 5.91 Å². The van der Waals surface area contributed by atoms with Crippen LogP contribution < -0.4 is 5.73 Å². The molecule has 1 aromatic carbocycles. The summed E-state index contributed by atoms with van der Waals surface area (Å²) in [6.07, 6.45) is 1.99. The van der Waals surface area contributed by atoms with Gasteiger partial charge >= 0.3 is 0 Å². The predicted molar refractivity (Wildman–Crippen MR) is 83.6 cm³/mol. The van der Waals surface area contributed by atoms with Gasteiger partial charge in [0.15, 0.2) is 0 Å². The molecule has 4 nitrogen and oxygen atoms in total. The van der Waals surface area contributed by atoms with Crippen molar-refractivity contribution in [2.24, 2.45) is 11.7 Å². The topological polar surface area (TPSA) is 66.6 Å². The number of amides is 1. The zero-order chi connectivity index (χ0) is 15.4. The van der Waals surface area contributed by atoms with Gasteiger partial charge in [0.2, 0.25) is 5.91 Å². The summed E-state index contributed by atoms with van der Waals surface area (Å²) in [5, 5.41) is 10.4. The quantitative estimate of drug-likeness (QED) is 0.872. The van der Waals surface area contributed by atoms with Crippen molar-refractivity contribution in [2.45, 2.75) is 51.3 Å². The summed E-state index contributed by atoms with van der Waals surface area (Å²) in [6.45, 7) is 4.68. The minimum Gasteiger partial charge on any atom is -0.388 e. The monoisotopic (exact) mass is 290 g/mol. The van der Waals surface area contributed by atoms with Crippen molar-refractivity contribution in [3.05, 3.63) is 35.9 Å². The van der Waals surface area contributed by atoms with Gasteiger partial charge in [-0.15, -0.1) is 0 Å². The van der Waals surface area contributed by atoms with E-state index < -0.39 is 12.1 Å². The van der Waals surface area contributed by atoms with Gasteiger partial charge in [0.1, 0.15) is 0 Å². The molecule has 1 aliphatic heterocycles. The molecule has 0 spiro atoms. The molecule has 4 heteroatoms. The van der Waals surface area contributed by atoms with Crippen molar-refractivity contribution in [2.75, 3.05) is 6.54 Å². The third kappa shape index (κ3) is 3.83. The molecule has 1 heterocycles. The number of likely N-dealkylation sites (tertiary alicyclic amines) is 1. The lowest BCUT2D eigenvalue weighted by Crippen LogP contribution is -2.48. The summed E-state index contributed by atoms with van der Waals surface area (Å²) in [7, 11) is 0. The second kappa shape index (κ2) is 7.05. The molecule has 1 amide bonds. The number of nitrogens with two attached hydrogens (primary N) is 1. The summed E-state index contributed by atoms with van der Waals surface area (Å²) < 4.78 is 0. The SMILES string of the molecule is CC(C)[C@H](N)C(=O)N1CCC[C@H]1C[C@H](O)c1ccccc1. The fourth-order valence-corrected chi connectivity index (χ4v) is 2.92. The zero-order valence-corrected chi connectivity index (χ0v) is 12.9. The molecule has 116 valence electrons. The highest BCUT2D eigenvalue weighted by atomic mass is 16.3. The Balaban J connectivity index is 2.01. The van der Waals surface area contributed by atoms with Crippen molar-refractivity contribution in [3.8, 4) is 0 Å². The summed E-state index contributed by atoms with van der Waals surface area (Å²) in [4.78, 5) is 14.3. The molecule has 1 saturated heterocycles. The summed E-state index contributed by atoms with van der Waals surface area (Å²) in [6, 6.07) is 9.27. The van der Waals surface area contributed by atoms with Crippen LogP contribution in [-0.2, 0) is 4.79 Å². The lowest BCUT2D eigenvalue weighted by atomic mass is 9.99. The average molecular weight is 290 g/mol. The van der Waals surface area contributed by atoms with Crippen LogP contribution in [0.15, 0.2) is 30.3 Å². The standard InChI is InChI=1S/C17H26N2O2/c1-12(2)16(18)17(21)19-10-6-9-14(19)11-15(20)13-7-4-3-5-8-13/h3-5,7-8,12,14-16,20H,6,9-11,18H2,1-2H3/t14-,15-,16-/m0/s1. The fourth-order valence-electron chi connectivity index (χ4n) is 2.92. The van der Waals surface area contributed by atoms with Crippen LogP contribution >= 0.6 is 0 Å². The van der Waals surface area contributed by atoms with Crippen molar-refractivity contribution < 1.29 is 9.90 Å². The molecule has 3 N–H and O–H groups in total. The van der Waals surface area contributed by atoms with Crippen LogP contribution in [-0.4, -0.2) is 34.5 Å². The van der Waals surface area contributed by atoms with Gasteiger partial charge in [0, 0.05) is 12.6 Å². The first-order valence-electron chi connectivity index (χ1n) is 7.79. The van der Waals surface area contributed by atoms with Crippen LogP contribution in [0.4, 0.5) is 0 Å². The number of benzene rings is 1. The molecule has 1 aromatic rings. The maximum Gasteiger partial charge on any atom is 0.239 e. The fraction of sp³-hybridized carbons (Fsp3) is 0.588. The van der Waals surface area contributed by atoms with Crippen LogP contribution in [0.5, 0.6) is 0 Å². The molecule has 0 aliphatic carbocycles. The average Bonchev–Trinajstić information content (AvgIpc) is 2.94. The molecule has 1 fully saturated rings. The molecule has 1 aliphatic rings. The van der Waals surface area contributed by atoms with E-state index in [9.17, 15) is 9.90 Å². The van der Waals surface area contributed by atoms with Crippen molar-refractivity contribution in [1.82, 2.24) is 4.90 Å². The third-order valence-corrected chi connectivity index (χ3v) is 4.34. The first-order valence-corrected chi connectivity index (χ1v) is 7.79. The molecular weight excluding hydrogens is 264 g/mol. The van der Waals surface area contributed by atoms with Gasteiger partial charge in [0.05, 0.1) is 12.1 Å². The zero-order valence-electron chi connectivity index (χ0n) is 12.9. The summed E-state index contributed by atoms with van der Waals surface area (Å²) in [5.41, 5.74) is 6.90. The first kappa shape index (κ1) is 16.0. The van der Waals surface area contributed by atoms with Crippen molar-refractivity contribution in [3.63, 3.8) is 0 Å². The second-order valence-corrected chi connectivity index (χ2v) is 6.26. The smallest absolute Gasteiger partial charge is 0.239 e. The molecule has 2 rings (SSSR count). The molecule has 0 unspecified atom stereocenters. The van der Waals surface area contributed by atoms with E-state index in [1.807, 2.05) is 49.1 Å². The highest BCUT2D eigenvalue weighted by molar-refractivity contribution is 5.82. The second-order valence-electron chi connectivity index (χ2n) is 6.26. The lowest BCUT2D eigenvalue weighted by molar-refractivity contribution is -0.134. The number of rotatable bonds is 5. The normalized spacial score (nSPS) is 21.6.